The summed E-state index contributed by atoms with van der Waals surface area (Å²) in [5, 5.41) is 14.9. The van der Waals surface area contributed by atoms with E-state index in [-0.39, 0.29) is 11.7 Å². The van der Waals surface area contributed by atoms with Crippen LogP contribution in [0.3, 0.4) is 0 Å². The largest absolute Gasteiger partial charge is 0.506 e. The first-order valence-electron chi connectivity index (χ1n) is 9.87. The molecule has 1 unspecified atom stereocenters. The molecule has 0 saturated carbocycles. The molecule has 31 heavy (non-hydrogen) atoms. The summed E-state index contributed by atoms with van der Waals surface area (Å²) in [5.74, 6) is 0.323. The number of nitrogens with one attached hydrogen (secondary N) is 3. The molecule has 0 aliphatic carbocycles. The van der Waals surface area contributed by atoms with Crippen molar-refractivity contribution in [2.75, 3.05) is 13.1 Å². The minimum atomic E-state index is -1.33. The lowest BCUT2D eigenvalue weighted by molar-refractivity contribution is 0.0956. The minimum Gasteiger partial charge on any atom is -0.506 e. The molecule has 0 saturated heterocycles. The predicted molar refractivity (Wildman–Crippen MR) is 126 cm³/mol. The van der Waals surface area contributed by atoms with Crippen molar-refractivity contribution in [2.45, 2.75) is 18.7 Å². The van der Waals surface area contributed by atoms with Crippen molar-refractivity contribution in [3.8, 4) is 16.5 Å². The lowest BCUT2D eigenvalue weighted by atomic mass is 10.1. The molecule has 0 radical (unpaired) electrons. The number of aromatic hydroxyl groups is 1. The van der Waals surface area contributed by atoms with Crippen LogP contribution in [0.15, 0.2) is 64.9 Å². The van der Waals surface area contributed by atoms with Crippen molar-refractivity contribution in [1.29, 1.82) is 0 Å². The number of carbonyl (C=O) groups is 1. The fourth-order valence-electron chi connectivity index (χ4n) is 2.83. The highest BCUT2D eigenvalue weighted by molar-refractivity contribution is 7.83. The van der Waals surface area contributed by atoms with Crippen molar-refractivity contribution in [2.24, 2.45) is 0 Å². The molecule has 4 aromatic rings. The topological polar surface area (TPSA) is 107 Å². The Morgan fingerprint density at radius 3 is 2.58 bits per heavy atom. The quantitative estimate of drug-likeness (QED) is 0.315. The maximum absolute atomic E-state index is 12.6. The van der Waals surface area contributed by atoms with Crippen LogP contribution in [0.1, 0.15) is 24.2 Å². The number of imidazole rings is 1. The van der Waals surface area contributed by atoms with E-state index < -0.39 is 11.0 Å². The normalized spacial score (nSPS) is 11.5. The minimum absolute atomic E-state index is 0.0341. The zero-order valence-corrected chi connectivity index (χ0v) is 18.8. The third-order valence-corrected chi connectivity index (χ3v) is 6.27. The summed E-state index contributed by atoms with van der Waals surface area (Å²) in [6.07, 6.45) is 0. The van der Waals surface area contributed by atoms with Gasteiger partial charge < -0.3 is 15.4 Å². The van der Waals surface area contributed by atoms with Crippen LogP contribution in [-0.2, 0) is 11.0 Å². The number of H-pyrrole nitrogens is 1. The molecule has 1 atom stereocenters. The van der Waals surface area contributed by atoms with Crippen LogP contribution in [-0.4, -0.2) is 38.3 Å². The molecule has 4 rings (SSSR count). The molecular weight excluding hydrogens is 432 g/mol. The second-order valence-electron chi connectivity index (χ2n) is 6.15. The molecule has 0 aliphatic rings. The molecule has 4 N–H and O–H groups in total. The van der Waals surface area contributed by atoms with E-state index in [1.165, 1.54) is 17.4 Å². The Hall–Kier alpha value is -3.01. The van der Waals surface area contributed by atoms with E-state index in [1.807, 2.05) is 49.6 Å². The van der Waals surface area contributed by atoms with E-state index in [9.17, 15) is 14.1 Å². The molecule has 9 heteroatoms. The Morgan fingerprint density at radius 2 is 1.87 bits per heavy atom. The first-order chi connectivity index (χ1) is 15.1. The standard InChI is InChI=1S/C20H18N4O3S2.C2H6/c25-15-9-8-14(17-18(15)24-19(23-17)16-7-4-12-28-16)20(26)21-10-11-22-29(27)13-5-2-1-3-6-13;1-2/h1-9,12,22,25H,10-11H2,(H,21,26)(H,23,24);1-2H3. The van der Waals surface area contributed by atoms with Crippen molar-refractivity contribution >= 4 is 39.3 Å². The number of aromatic nitrogens is 2. The Morgan fingerprint density at radius 1 is 1.10 bits per heavy atom. The number of amides is 1. The Bertz CT molecular complexity index is 1160. The number of phenolic OH excluding ortho intramolecular Hbond substituents is 1. The Labute approximate surface area is 187 Å². The fourth-order valence-corrected chi connectivity index (χ4v) is 4.36. The maximum atomic E-state index is 12.6. The first-order valence-corrected chi connectivity index (χ1v) is 11.9. The van der Waals surface area contributed by atoms with Gasteiger partial charge in [0, 0.05) is 13.1 Å². The molecule has 0 fully saturated rings. The van der Waals surface area contributed by atoms with E-state index in [4.69, 9.17) is 0 Å². The molecule has 0 spiro atoms. The number of thiophene rings is 1. The fraction of sp³-hybridized carbons (Fsp3) is 0.182. The van der Waals surface area contributed by atoms with Gasteiger partial charge in [0.25, 0.3) is 5.91 Å². The van der Waals surface area contributed by atoms with Gasteiger partial charge in [0.2, 0.25) is 0 Å². The second-order valence-corrected chi connectivity index (χ2v) is 8.40. The zero-order chi connectivity index (χ0) is 22.2. The maximum Gasteiger partial charge on any atom is 0.253 e. The van der Waals surface area contributed by atoms with Crippen LogP contribution in [0.25, 0.3) is 21.7 Å². The molecule has 1 amide bonds. The monoisotopic (exact) mass is 456 g/mol. The van der Waals surface area contributed by atoms with Gasteiger partial charge in [0.1, 0.15) is 33.6 Å². The van der Waals surface area contributed by atoms with Crippen molar-refractivity contribution in [3.63, 3.8) is 0 Å². The van der Waals surface area contributed by atoms with Gasteiger partial charge in [-0.2, -0.15) is 0 Å². The summed E-state index contributed by atoms with van der Waals surface area (Å²) in [6, 6.07) is 15.9. The highest BCUT2D eigenvalue weighted by Gasteiger charge is 2.17. The van der Waals surface area contributed by atoms with Crippen LogP contribution in [0.2, 0.25) is 0 Å². The van der Waals surface area contributed by atoms with Gasteiger partial charge in [-0.05, 0) is 35.7 Å². The van der Waals surface area contributed by atoms with Crippen molar-refractivity contribution < 1.29 is 14.1 Å². The summed E-state index contributed by atoms with van der Waals surface area (Å²) >= 11 is 1.52. The molecule has 162 valence electrons. The number of phenols is 1. The van der Waals surface area contributed by atoms with E-state index in [0.29, 0.717) is 40.4 Å². The summed E-state index contributed by atoms with van der Waals surface area (Å²) in [4.78, 5) is 21.8. The highest BCUT2D eigenvalue weighted by atomic mass is 32.2. The average Bonchev–Trinajstić information content (AvgIpc) is 3.49. The van der Waals surface area contributed by atoms with Crippen LogP contribution >= 0.6 is 11.3 Å². The number of benzene rings is 2. The molecule has 0 aliphatic heterocycles. The van der Waals surface area contributed by atoms with Crippen LogP contribution in [0.4, 0.5) is 0 Å². The smallest absolute Gasteiger partial charge is 0.253 e. The van der Waals surface area contributed by atoms with Gasteiger partial charge in [-0.1, -0.05) is 38.1 Å². The SMILES string of the molecule is CC.O=C(NCCNS(=O)c1ccccc1)c1ccc(O)c2[nH]c(-c3cccs3)nc12. The number of rotatable bonds is 7. The van der Waals surface area contributed by atoms with Gasteiger partial charge in [-0.15, -0.1) is 11.3 Å². The summed E-state index contributed by atoms with van der Waals surface area (Å²) in [5.41, 5.74) is 1.19. The van der Waals surface area contributed by atoms with E-state index in [0.717, 1.165) is 4.88 Å². The van der Waals surface area contributed by atoms with E-state index >= 15 is 0 Å². The van der Waals surface area contributed by atoms with Crippen molar-refractivity contribution in [1.82, 2.24) is 20.0 Å². The second kappa shape index (κ2) is 10.9. The van der Waals surface area contributed by atoms with E-state index in [2.05, 4.69) is 20.0 Å². The molecule has 0 bridgehead atoms. The lowest BCUT2D eigenvalue weighted by Crippen LogP contribution is -2.32. The summed E-state index contributed by atoms with van der Waals surface area (Å²) in [7, 11) is -1.33. The summed E-state index contributed by atoms with van der Waals surface area (Å²) in [6.45, 7) is 4.64. The summed E-state index contributed by atoms with van der Waals surface area (Å²) < 4.78 is 15.0. The van der Waals surface area contributed by atoms with Gasteiger partial charge in [0.05, 0.1) is 15.3 Å². The number of fused-ring (bicyclic) bond motifs is 1. The molecule has 2 heterocycles. The average molecular weight is 457 g/mol. The molecular formula is C22H24N4O3S2. The van der Waals surface area contributed by atoms with Crippen LogP contribution < -0.4 is 10.0 Å². The molecule has 2 aromatic carbocycles. The van der Waals surface area contributed by atoms with Gasteiger partial charge >= 0.3 is 0 Å². The Kier molecular flexibility index (Phi) is 7.94. The number of carbonyl (C=O) groups excluding carboxylic acids is 1. The van der Waals surface area contributed by atoms with Gasteiger partial charge in [-0.25, -0.2) is 13.9 Å². The highest BCUT2D eigenvalue weighted by Crippen LogP contribution is 2.30. The number of hydrogen-bond acceptors (Lipinski definition) is 5. The van der Waals surface area contributed by atoms with Crippen LogP contribution in [0, 0.1) is 0 Å². The lowest BCUT2D eigenvalue weighted by Gasteiger charge is -2.07. The molecule has 2 aromatic heterocycles. The Balaban J connectivity index is 0.00000132. The number of aromatic amines is 1. The van der Waals surface area contributed by atoms with E-state index in [1.54, 1.807) is 18.2 Å². The van der Waals surface area contributed by atoms with Crippen LogP contribution in [0.5, 0.6) is 5.75 Å². The van der Waals surface area contributed by atoms with Gasteiger partial charge in [-0.3, -0.25) is 4.79 Å². The zero-order valence-electron chi connectivity index (χ0n) is 17.2. The van der Waals surface area contributed by atoms with Crippen molar-refractivity contribution in [3.05, 3.63) is 65.5 Å². The number of hydrogen-bond donors (Lipinski definition) is 4. The third kappa shape index (κ3) is 5.38. The number of nitrogens with zero attached hydrogens (tertiary/aromatic N) is 1. The van der Waals surface area contributed by atoms with Gasteiger partial charge in [0.15, 0.2) is 0 Å². The first kappa shape index (κ1) is 22.7. The third-order valence-electron chi connectivity index (χ3n) is 4.22. The predicted octanol–water partition coefficient (Wildman–Crippen LogP) is 4.07. The molecule has 7 nitrogen and oxygen atoms in total.